The summed E-state index contributed by atoms with van der Waals surface area (Å²) in [6.07, 6.45) is 11.2. The van der Waals surface area contributed by atoms with Crippen LogP contribution in [0.2, 0.25) is 0 Å². The van der Waals surface area contributed by atoms with Gasteiger partial charge in [0.05, 0.1) is 5.69 Å². The molecule has 0 saturated heterocycles. The highest BCUT2D eigenvalue weighted by Crippen LogP contribution is 2.36. The van der Waals surface area contributed by atoms with Gasteiger partial charge < -0.3 is 10.2 Å². The summed E-state index contributed by atoms with van der Waals surface area (Å²) < 4.78 is 14.7. The lowest BCUT2D eigenvalue weighted by molar-refractivity contribution is 0.460. The second-order valence-electron chi connectivity index (χ2n) is 7.66. The lowest BCUT2D eigenvalue weighted by Gasteiger charge is -2.31. The molecule has 0 spiro atoms. The van der Waals surface area contributed by atoms with E-state index in [1.165, 1.54) is 44.9 Å². The molecule has 26 heavy (non-hydrogen) atoms. The van der Waals surface area contributed by atoms with Crippen molar-refractivity contribution in [3.8, 4) is 0 Å². The first-order valence-electron chi connectivity index (χ1n) is 10.5. The number of anilines is 2. The minimum absolute atomic E-state index is 0.151. The standard InChI is InChI=1S/C21H31FN2.C2H6/c1-15(2)18-13-19(22)20(23-16-9-5-4-6-10-16)14-21(18)24(3)17-11-7-8-12-17;1-2/h13-14,16-17,23H,1,4-12H2,2-3H3;1-2H3. The molecule has 0 heterocycles. The van der Waals surface area contributed by atoms with Crippen LogP contribution in [0, 0.1) is 5.82 Å². The zero-order chi connectivity index (χ0) is 19.1. The van der Waals surface area contributed by atoms with Gasteiger partial charge in [-0.05, 0) is 50.3 Å². The molecular formula is C23H37FN2. The van der Waals surface area contributed by atoms with Crippen LogP contribution in [0.3, 0.4) is 0 Å². The molecule has 3 heteroatoms. The van der Waals surface area contributed by atoms with Crippen molar-refractivity contribution in [2.75, 3.05) is 17.3 Å². The van der Waals surface area contributed by atoms with E-state index in [2.05, 4.69) is 23.8 Å². The monoisotopic (exact) mass is 360 g/mol. The number of rotatable bonds is 5. The first-order chi connectivity index (χ1) is 12.6. The SMILES string of the molecule is C=C(C)c1cc(F)c(NC2CCCCC2)cc1N(C)C1CCCC1.CC. The predicted molar refractivity (Wildman–Crippen MR) is 114 cm³/mol. The number of benzene rings is 1. The van der Waals surface area contributed by atoms with Crippen LogP contribution in [0.1, 0.15) is 84.1 Å². The van der Waals surface area contributed by atoms with Crippen LogP contribution in [0.5, 0.6) is 0 Å². The molecule has 1 N–H and O–H groups in total. The van der Waals surface area contributed by atoms with E-state index in [-0.39, 0.29) is 5.82 Å². The Bertz CT molecular complexity index is 584. The minimum atomic E-state index is -0.151. The molecule has 2 saturated carbocycles. The van der Waals surface area contributed by atoms with Crippen molar-refractivity contribution < 1.29 is 4.39 Å². The third-order valence-corrected chi connectivity index (χ3v) is 5.76. The smallest absolute Gasteiger partial charge is 0.147 e. The van der Waals surface area contributed by atoms with E-state index in [9.17, 15) is 4.39 Å². The van der Waals surface area contributed by atoms with Gasteiger partial charge in [0.15, 0.2) is 0 Å². The van der Waals surface area contributed by atoms with Crippen molar-refractivity contribution in [2.45, 2.75) is 90.6 Å². The van der Waals surface area contributed by atoms with Gasteiger partial charge in [-0.1, -0.05) is 52.5 Å². The summed E-state index contributed by atoms with van der Waals surface area (Å²) in [4.78, 5) is 2.35. The van der Waals surface area contributed by atoms with E-state index in [1.807, 2.05) is 26.8 Å². The predicted octanol–water partition coefficient (Wildman–Crippen LogP) is 7.01. The third kappa shape index (κ3) is 5.02. The average molecular weight is 361 g/mol. The van der Waals surface area contributed by atoms with Crippen LogP contribution >= 0.6 is 0 Å². The zero-order valence-electron chi connectivity index (χ0n) is 17.2. The highest BCUT2D eigenvalue weighted by atomic mass is 19.1. The molecule has 0 radical (unpaired) electrons. The van der Waals surface area contributed by atoms with Crippen LogP contribution in [0.4, 0.5) is 15.8 Å². The number of hydrogen-bond acceptors (Lipinski definition) is 2. The van der Waals surface area contributed by atoms with E-state index in [1.54, 1.807) is 6.07 Å². The van der Waals surface area contributed by atoms with E-state index in [0.29, 0.717) is 17.8 Å². The maximum Gasteiger partial charge on any atom is 0.147 e. The van der Waals surface area contributed by atoms with Crippen molar-refractivity contribution in [2.24, 2.45) is 0 Å². The fourth-order valence-electron chi connectivity index (χ4n) is 4.26. The van der Waals surface area contributed by atoms with Crippen molar-refractivity contribution in [3.05, 3.63) is 30.1 Å². The van der Waals surface area contributed by atoms with Gasteiger partial charge >= 0.3 is 0 Å². The molecule has 2 aliphatic rings. The number of nitrogens with one attached hydrogen (secondary N) is 1. The highest BCUT2D eigenvalue weighted by Gasteiger charge is 2.24. The summed E-state index contributed by atoms with van der Waals surface area (Å²) in [5, 5.41) is 3.47. The fraction of sp³-hybridized carbons (Fsp3) is 0.652. The quantitative estimate of drug-likeness (QED) is 0.607. The van der Waals surface area contributed by atoms with E-state index >= 15 is 0 Å². The fourth-order valence-corrected chi connectivity index (χ4v) is 4.26. The summed E-state index contributed by atoms with van der Waals surface area (Å²) in [6, 6.07) is 4.67. The average Bonchev–Trinajstić information content (AvgIpc) is 3.19. The van der Waals surface area contributed by atoms with E-state index < -0.39 is 0 Å². The molecule has 0 aromatic heterocycles. The lowest BCUT2D eigenvalue weighted by Crippen LogP contribution is -2.30. The van der Waals surface area contributed by atoms with Crippen molar-refractivity contribution in [1.82, 2.24) is 0 Å². The Balaban J connectivity index is 0.00000117. The normalized spacial score (nSPS) is 18.2. The van der Waals surface area contributed by atoms with Crippen LogP contribution in [0.25, 0.3) is 5.57 Å². The van der Waals surface area contributed by atoms with Gasteiger partial charge in [-0.2, -0.15) is 0 Å². The molecule has 2 fully saturated rings. The summed E-state index contributed by atoms with van der Waals surface area (Å²) in [5.41, 5.74) is 3.65. The van der Waals surface area contributed by atoms with Crippen LogP contribution in [-0.2, 0) is 0 Å². The molecule has 0 bridgehead atoms. The lowest BCUT2D eigenvalue weighted by atomic mass is 9.95. The molecule has 0 atom stereocenters. The third-order valence-electron chi connectivity index (χ3n) is 5.76. The highest BCUT2D eigenvalue weighted by molar-refractivity contribution is 5.78. The van der Waals surface area contributed by atoms with Crippen LogP contribution in [0.15, 0.2) is 18.7 Å². The van der Waals surface area contributed by atoms with Crippen molar-refractivity contribution in [1.29, 1.82) is 0 Å². The molecule has 0 unspecified atom stereocenters. The topological polar surface area (TPSA) is 15.3 Å². The Morgan fingerprint density at radius 2 is 1.62 bits per heavy atom. The van der Waals surface area contributed by atoms with Gasteiger partial charge in [0.1, 0.15) is 5.82 Å². The van der Waals surface area contributed by atoms with Crippen molar-refractivity contribution >= 4 is 16.9 Å². The summed E-state index contributed by atoms with van der Waals surface area (Å²) in [7, 11) is 2.15. The number of allylic oxidation sites excluding steroid dienone is 1. The maximum atomic E-state index is 14.7. The van der Waals surface area contributed by atoms with Gasteiger partial charge in [0, 0.05) is 30.4 Å². The Labute approximate surface area is 159 Å². The first kappa shape index (κ1) is 20.8. The minimum Gasteiger partial charge on any atom is -0.380 e. The van der Waals surface area contributed by atoms with Crippen molar-refractivity contribution in [3.63, 3.8) is 0 Å². The van der Waals surface area contributed by atoms with Gasteiger partial charge in [0.25, 0.3) is 0 Å². The van der Waals surface area contributed by atoms with Crippen LogP contribution < -0.4 is 10.2 Å². The second kappa shape index (κ2) is 9.99. The zero-order valence-corrected chi connectivity index (χ0v) is 17.2. The molecule has 1 aromatic rings. The van der Waals surface area contributed by atoms with E-state index in [0.717, 1.165) is 29.7 Å². The summed E-state index contributed by atoms with van der Waals surface area (Å²) in [5.74, 6) is -0.151. The second-order valence-corrected chi connectivity index (χ2v) is 7.66. The Hall–Kier alpha value is -1.51. The molecule has 146 valence electrons. The van der Waals surface area contributed by atoms with Gasteiger partial charge in [0.2, 0.25) is 0 Å². The Kier molecular flexibility index (Phi) is 7.99. The van der Waals surface area contributed by atoms with E-state index in [4.69, 9.17) is 0 Å². The molecule has 2 nitrogen and oxygen atoms in total. The summed E-state index contributed by atoms with van der Waals surface area (Å²) >= 11 is 0. The first-order valence-corrected chi connectivity index (χ1v) is 10.5. The number of hydrogen-bond donors (Lipinski definition) is 1. The Morgan fingerprint density at radius 3 is 2.19 bits per heavy atom. The summed E-state index contributed by atoms with van der Waals surface area (Å²) in [6.45, 7) is 10.0. The molecule has 0 amide bonds. The number of nitrogens with zero attached hydrogens (tertiary/aromatic N) is 1. The molecule has 1 aromatic carbocycles. The Morgan fingerprint density at radius 1 is 1.04 bits per heavy atom. The van der Waals surface area contributed by atoms with Crippen LogP contribution in [-0.4, -0.2) is 19.1 Å². The number of halogens is 1. The molecule has 3 rings (SSSR count). The molecule has 2 aliphatic carbocycles. The molecule has 0 aliphatic heterocycles. The van der Waals surface area contributed by atoms with Gasteiger partial charge in [-0.15, -0.1) is 0 Å². The van der Waals surface area contributed by atoms with Gasteiger partial charge in [-0.3, -0.25) is 0 Å². The molecular weight excluding hydrogens is 323 g/mol. The largest absolute Gasteiger partial charge is 0.380 e. The van der Waals surface area contributed by atoms with Gasteiger partial charge in [-0.25, -0.2) is 4.39 Å². The maximum absolute atomic E-state index is 14.7.